The topological polar surface area (TPSA) is 17.1 Å². The molecule has 0 saturated carbocycles. The third-order valence-electron chi connectivity index (χ3n) is 2.30. The lowest BCUT2D eigenvalue weighted by atomic mass is 10.1. The van der Waals surface area contributed by atoms with Crippen molar-refractivity contribution < 1.29 is 9.18 Å². The van der Waals surface area contributed by atoms with Crippen LogP contribution in [-0.2, 0) is 0 Å². The molecule has 1 aromatic carbocycles. The first kappa shape index (κ1) is 12.7. The lowest BCUT2D eigenvalue weighted by Gasteiger charge is -2.00. The molecule has 88 valence electrons. The van der Waals surface area contributed by atoms with E-state index < -0.39 is 0 Å². The fourth-order valence-electron chi connectivity index (χ4n) is 1.33. The maximum atomic E-state index is 13.4. The Bertz CT molecular complexity index is 575. The Kier molecular flexibility index (Phi) is 3.66. The van der Waals surface area contributed by atoms with Gasteiger partial charge in [0.15, 0.2) is 0 Å². The van der Waals surface area contributed by atoms with Gasteiger partial charge in [0.25, 0.3) is 0 Å². The number of hydrogen-bond acceptors (Lipinski definition) is 2. The highest BCUT2D eigenvalue weighted by Gasteiger charge is 2.15. The number of halogens is 3. The Morgan fingerprint density at radius 3 is 2.65 bits per heavy atom. The summed E-state index contributed by atoms with van der Waals surface area (Å²) in [5, 5.41) is 0.492. The van der Waals surface area contributed by atoms with Crippen LogP contribution >= 0.6 is 38.9 Å². The zero-order chi connectivity index (χ0) is 12.6. The number of aryl methyl sites for hydroxylation is 1. The maximum Gasteiger partial charge on any atom is 0.203 e. The summed E-state index contributed by atoms with van der Waals surface area (Å²) in [6.07, 6.45) is 0. The quantitative estimate of drug-likeness (QED) is 0.719. The van der Waals surface area contributed by atoms with Crippen LogP contribution in [0, 0.1) is 12.7 Å². The molecule has 0 atom stereocenters. The molecule has 1 heterocycles. The molecular formula is C12H7BrClFOS. The van der Waals surface area contributed by atoms with Crippen LogP contribution in [0.15, 0.2) is 28.1 Å². The second-order valence-corrected chi connectivity index (χ2v) is 6.30. The van der Waals surface area contributed by atoms with Crippen molar-refractivity contribution in [3.8, 4) is 0 Å². The van der Waals surface area contributed by atoms with Gasteiger partial charge in [0.05, 0.1) is 13.7 Å². The van der Waals surface area contributed by atoms with Crippen molar-refractivity contribution in [2.24, 2.45) is 0 Å². The van der Waals surface area contributed by atoms with Gasteiger partial charge >= 0.3 is 0 Å². The average Bonchev–Trinajstić information content (AvgIpc) is 2.62. The molecule has 1 aromatic heterocycles. The van der Waals surface area contributed by atoms with Crippen LogP contribution in [0.25, 0.3) is 0 Å². The van der Waals surface area contributed by atoms with E-state index in [2.05, 4.69) is 15.9 Å². The van der Waals surface area contributed by atoms with Gasteiger partial charge in [-0.25, -0.2) is 4.39 Å². The predicted octanol–water partition coefficient (Wildman–Crippen LogP) is 4.84. The summed E-state index contributed by atoms with van der Waals surface area (Å²) in [5.74, 6) is -0.598. The van der Waals surface area contributed by atoms with Crippen LogP contribution in [0.5, 0.6) is 0 Å². The van der Waals surface area contributed by atoms with Crippen molar-refractivity contribution in [3.63, 3.8) is 0 Å². The molecule has 0 saturated heterocycles. The first-order valence-corrected chi connectivity index (χ1v) is 6.73. The largest absolute Gasteiger partial charge is 0.288 e. The predicted molar refractivity (Wildman–Crippen MR) is 71.6 cm³/mol. The summed E-state index contributed by atoms with van der Waals surface area (Å²) in [5.41, 5.74) is 0.852. The van der Waals surface area contributed by atoms with E-state index >= 15 is 0 Å². The fourth-order valence-corrected chi connectivity index (χ4v) is 3.00. The summed E-state index contributed by atoms with van der Waals surface area (Å²) in [7, 11) is 0. The number of carbonyl (C=O) groups is 1. The van der Waals surface area contributed by atoms with Crippen molar-refractivity contribution in [2.75, 3.05) is 0 Å². The zero-order valence-electron chi connectivity index (χ0n) is 8.76. The molecule has 0 bridgehead atoms. The first-order valence-electron chi connectivity index (χ1n) is 4.74. The Balaban J connectivity index is 2.40. The third kappa shape index (κ3) is 2.59. The summed E-state index contributed by atoms with van der Waals surface area (Å²) >= 11 is 10.3. The lowest BCUT2D eigenvalue weighted by Crippen LogP contribution is -1.99. The van der Waals surface area contributed by atoms with Gasteiger partial charge in [-0.05, 0) is 40.5 Å². The summed E-state index contributed by atoms with van der Waals surface area (Å²) in [6, 6.07) is 6.03. The minimum absolute atomic E-state index is 0.221. The molecule has 0 aliphatic carbocycles. The summed E-state index contributed by atoms with van der Waals surface area (Å²) in [4.78, 5) is 12.5. The van der Waals surface area contributed by atoms with Gasteiger partial charge in [-0.2, -0.15) is 0 Å². The zero-order valence-corrected chi connectivity index (χ0v) is 11.9. The van der Waals surface area contributed by atoms with Crippen molar-refractivity contribution >= 4 is 44.7 Å². The number of ketones is 1. The second kappa shape index (κ2) is 4.88. The molecule has 0 aliphatic heterocycles. The summed E-state index contributed by atoms with van der Waals surface area (Å²) in [6.45, 7) is 1.65. The van der Waals surface area contributed by atoms with Gasteiger partial charge in [0, 0.05) is 5.56 Å². The molecule has 0 N–H and O–H groups in total. The van der Waals surface area contributed by atoms with Crippen LogP contribution < -0.4 is 0 Å². The number of carbonyl (C=O) groups excluding carboxylic acids is 1. The van der Waals surface area contributed by atoms with Gasteiger partial charge in [0.2, 0.25) is 5.78 Å². The van der Waals surface area contributed by atoms with Crippen LogP contribution in [0.3, 0.4) is 0 Å². The third-order valence-corrected chi connectivity index (χ3v) is 4.78. The molecule has 0 spiro atoms. The minimum Gasteiger partial charge on any atom is -0.288 e. The molecule has 0 unspecified atom stereocenters. The van der Waals surface area contributed by atoms with E-state index in [1.807, 2.05) is 0 Å². The molecule has 0 amide bonds. The van der Waals surface area contributed by atoms with Gasteiger partial charge in [-0.15, -0.1) is 11.3 Å². The number of rotatable bonds is 2. The van der Waals surface area contributed by atoms with Gasteiger partial charge in [-0.1, -0.05) is 23.7 Å². The van der Waals surface area contributed by atoms with Crippen LogP contribution in [-0.4, -0.2) is 5.78 Å². The number of benzene rings is 1. The highest BCUT2D eigenvalue weighted by atomic mass is 79.9. The highest BCUT2D eigenvalue weighted by molar-refractivity contribution is 9.11. The van der Waals surface area contributed by atoms with Crippen molar-refractivity contribution in [1.29, 1.82) is 0 Å². The van der Waals surface area contributed by atoms with Gasteiger partial charge < -0.3 is 0 Å². The van der Waals surface area contributed by atoms with E-state index in [4.69, 9.17) is 11.6 Å². The SMILES string of the molecule is Cc1ccc(C(=O)c2cc(Cl)c(Br)s2)cc1F. The van der Waals surface area contributed by atoms with Gasteiger partial charge in [-0.3, -0.25) is 4.79 Å². The molecule has 0 radical (unpaired) electrons. The van der Waals surface area contributed by atoms with E-state index in [0.717, 1.165) is 0 Å². The minimum atomic E-state index is -0.377. The smallest absolute Gasteiger partial charge is 0.203 e. The van der Waals surface area contributed by atoms with Crippen molar-refractivity contribution in [1.82, 2.24) is 0 Å². The average molecular weight is 334 g/mol. The Morgan fingerprint density at radius 1 is 1.41 bits per heavy atom. The summed E-state index contributed by atoms with van der Waals surface area (Å²) < 4.78 is 14.1. The second-order valence-electron chi connectivity index (χ2n) is 3.53. The van der Waals surface area contributed by atoms with E-state index in [1.165, 1.54) is 17.4 Å². The van der Waals surface area contributed by atoms with Crippen LogP contribution in [0.4, 0.5) is 4.39 Å². The van der Waals surface area contributed by atoms with E-state index in [0.29, 0.717) is 24.8 Å². The number of hydrogen-bond donors (Lipinski definition) is 0. The van der Waals surface area contributed by atoms with Gasteiger partial charge in [0.1, 0.15) is 5.82 Å². The van der Waals surface area contributed by atoms with Crippen molar-refractivity contribution in [3.05, 3.63) is 54.9 Å². The van der Waals surface area contributed by atoms with Crippen molar-refractivity contribution in [2.45, 2.75) is 6.92 Å². The standard InChI is InChI=1S/C12H7BrClFOS/c1-6-2-3-7(4-9(6)15)11(16)10-5-8(14)12(13)17-10/h2-5H,1H3. The van der Waals surface area contributed by atoms with E-state index in [9.17, 15) is 9.18 Å². The molecule has 5 heteroatoms. The normalized spacial score (nSPS) is 10.6. The molecule has 2 aromatic rings. The monoisotopic (exact) mass is 332 g/mol. The van der Waals surface area contributed by atoms with E-state index in [1.54, 1.807) is 25.1 Å². The molecular weight excluding hydrogens is 327 g/mol. The first-order chi connectivity index (χ1) is 7.99. The Morgan fingerprint density at radius 2 is 2.12 bits per heavy atom. The lowest BCUT2D eigenvalue weighted by molar-refractivity contribution is 0.104. The molecule has 1 nitrogen and oxygen atoms in total. The molecule has 0 aliphatic rings. The fraction of sp³-hybridized carbons (Fsp3) is 0.0833. The number of thiophene rings is 1. The molecule has 17 heavy (non-hydrogen) atoms. The van der Waals surface area contributed by atoms with Crippen LogP contribution in [0.2, 0.25) is 5.02 Å². The van der Waals surface area contributed by atoms with Crippen LogP contribution in [0.1, 0.15) is 20.8 Å². The Labute approximate surface area is 115 Å². The highest BCUT2D eigenvalue weighted by Crippen LogP contribution is 2.33. The van der Waals surface area contributed by atoms with E-state index in [-0.39, 0.29) is 11.6 Å². The molecule has 2 rings (SSSR count). The Hall–Kier alpha value is -0.710. The maximum absolute atomic E-state index is 13.4. The molecule has 0 fully saturated rings.